The monoisotopic (exact) mass is 294 g/mol. The Hall–Kier alpha value is -1.46. The average Bonchev–Trinajstić information content (AvgIpc) is 2.46. The maximum Gasteiger partial charge on any atom is 0.239 e. The molecular formula is C16H23FN2O2. The molecule has 1 aliphatic heterocycles. The molecule has 0 spiro atoms. The number of rotatable bonds is 4. The molecule has 116 valence electrons. The minimum absolute atomic E-state index is 0.0478. The van der Waals surface area contributed by atoms with Gasteiger partial charge in [-0.1, -0.05) is 26.0 Å². The Labute approximate surface area is 125 Å². The second kappa shape index (κ2) is 7.00. The van der Waals surface area contributed by atoms with Crippen LogP contribution in [0.3, 0.4) is 0 Å². The maximum absolute atomic E-state index is 13.3. The molecule has 0 aromatic heterocycles. The highest BCUT2D eigenvalue weighted by Gasteiger charge is 2.28. The number of morpholine rings is 1. The summed E-state index contributed by atoms with van der Waals surface area (Å²) < 4.78 is 19.0. The van der Waals surface area contributed by atoms with Gasteiger partial charge in [0.1, 0.15) is 11.9 Å². The summed E-state index contributed by atoms with van der Waals surface area (Å²) in [4.78, 5) is 14.1. The first-order chi connectivity index (χ1) is 9.97. The maximum atomic E-state index is 13.3. The normalized spacial score (nSPS) is 20.6. The molecule has 1 fully saturated rings. The zero-order chi connectivity index (χ0) is 15.4. The van der Waals surface area contributed by atoms with Gasteiger partial charge in [0.2, 0.25) is 5.91 Å². The lowest BCUT2D eigenvalue weighted by Gasteiger charge is -2.34. The summed E-state index contributed by atoms with van der Waals surface area (Å²) in [5.74, 6) is 0.0356. The summed E-state index contributed by atoms with van der Waals surface area (Å²) in [6.45, 7) is 5.50. The van der Waals surface area contributed by atoms with Crippen molar-refractivity contribution in [2.45, 2.75) is 32.4 Å². The first-order valence-electron chi connectivity index (χ1n) is 7.39. The van der Waals surface area contributed by atoms with E-state index in [1.54, 1.807) is 11.0 Å². The standard InChI is InChI=1S/C16H23FN2O2/c1-11(2)8-14(18)16(20)19-6-7-21-15(10-19)12-4-3-5-13(17)9-12/h3-5,9,11,14-15H,6-8,10,18H2,1-2H3/t14-,15?/m0/s1. The Morgan fingerprint density at radius 2 is 2.29 bits per heavy atom. The van der Waals surface area contributed by atoms with Crippen molar-refractivity contribution < 1.29 is 13.9 Å². The van der Waals surface area contributed by atoms with Gasteiger partial charge in [-0.3, -0.25) is 4.79 Å². The molecule has 1 amide bonds. The van der Waals surface area contributed by atoms with Gasteiger partial charge in [0, 0.05) is 6.54 Å². The molecular weight excluding hydrogens is 271 g/mol. The SMILES string of the molecule is CC(C)C[C@H](N)C(=O)N1CCOC(c2cccc(F)c2)C1. The van der Waals surface area contributed by atoms with Crippen molar-refractivity contribution in [3.8, 4) is 0 Å². The smallest absolute Gasteiger partial charge is 0.239 e. The van der Waals surface area contributed by atoms with Gasteiger partial charge in [-0.05, 0) is 30.0 Å². The van der Waals surface area contributed by atoms with E-state index in [9.17, 15) is 9.18 Å². The van der Waals surface area contributed by atoms with Crippen molar-refractivity contribution in [2.24, 2.45) is 11.7 Å². The average molecular weight is 294 g/mol. The first-order valence-corrected chi connectivity index (χ1v) is 7.39. The fraction of sp³-hybridized carbons (Fsp3) is 0.562. The third-order valence-electron chi connectivity index (χ3n) is 3.64. The van der Waals surface area contributed by atoms with E-state index in [0.29, 0.717) is 32.0 Å². The third-order valence-corrected chi connectivity index (χ3v) is 3.64. The van der Waals surface area contributed by atoms with Gasteiger partial charge in [0.05, 0.1) is 19.2 Å². The van der Waals surface area contributed by atoms with E-state index in [2.05, 4.69) is 0 Å². The van der Waals surface area contributed by atoms with Crippen LogP contribution in [0.15, 0.2) is 24.3 Å². The molecule has 2 rings (SSSR count). The molecule has 5 heteroatoms. The minimum Gasteiger partial charge on any atom is -0.370 e. The van der Waals surface area contributed by atoms with Crippen LogP contribution in [0.4, 0.5) is 4.39 Å². The topological polar surface area (TPSA) is 55.6 Å². The number of hydrogen-bond donors (Lipinski definition) is 1. The van der Waals surface area contributed by atoms with Crippen molar-refractivity contribution in [3.05, 3.63) is 35.6 Å². The zero-order valence-corrected chi connectivity index (χ0v) is 12.6. The predicted octanol–water partition coefficient (Wildman–Crippen LogP) is 2.10. The number of benzene rings is 1. The number of nitrogens with two attached hydrogens (primary N) is 1. The van der Waals surface area contributed by atoms with Crippen LogP contribution >= 0.6 is 0 Å². The fourth-order valence-corrected chi connectivity index (χ4v) is 2.60. The van der Waals surface area contributed by atoms with Crippen molar-refractivity contribution in [2.75, 3.05) is 19.7 Å². The van der Waals surface area contributed by atoms with Gasteiger partial charge in [0.15, 0.2) is 0 Å². The molecule has 4 nitrogen and oxygen atoms in total. The Bertz CT molecular complexity index is 493. The third kappa shape index (κ3) is 4.25. The van der Waals surface area contributed by atoms with Crippen LogP contribution in [0.5, 0.6) is 0 Å². The van der Waals surface area contributed by atoms with Crippen LogP contribution in [0.1, 0.15) is 31.9 Å². The summed E-state index contributed by atoms with van der Waals surface area (Å²) in [6, 6.07) is 5.84. The molecule has 2 N–H and O–H groups in total. The van der Waals surface area contributed by atoms with Gasteiger partial charge >= 0.3 is 0 Å². The van der Waals surface area contributed by atoms with Crippen molar-refractivity contribution in [1.29, 1.82) is 0 Å². The number of ether oxygens (including phenoxy) is 1. The van der Waals surface area contributed by atoms with E-state index in [1.807, 2.05) is 19.9 Å². The van der Waals surface area contributed by atoms with Crippen molar-refractivity contribution in [1.82, 2.24) is 4.90 Å². The second-order valence-corrected chi connectivity index (χ2v) is 5.93. The van der Waals surface area contributed by atoms with E-state index >= 15 is 0 Å². The van der Waals surface area contributed by atoms with E-state index in [1.165, 1.54) is 12.1 Å². The number of hydrogen-bond acceptors (Lipinski definition) is 3. The second-order valence-electron chi connectivity index (χ2n) is 5.93. The molecule has 1 saturated heterocycles. The van der Waals surface area contributed by atoms with Crippen LogP contribution < -0.4 is 5.73 Å². The van der Waals surface area contributed by atoms with Crippen molar-refractivity contribution in [3.63, 3.8) is 0 Å². The Morgan fingerprint density at radius 1 is 1.52 bits per heavy atom. The molecule has 0 radical (unpaired) electrons. The highest BCUT2D eigenvalue weighted by molar-refractivity contribution is 5.81. The van der Waals surface area contributed by atoms with E-state index in [-0.39, 0.29) is 17.8 Å². The minimum atomic E-state index is -0.476. The number of carbonyl (C=O) groups excluding carboxylic acids is 1. The molecule has 2 atom stereocenters. The first kappa shape index (κ1) is 15.9. The van der Waals surface area contributed by atoms with Crippen LogP contribution in [-0.2, 0) is 9.53 Å². The summed E-state index contributed by atoms with van der Waals surface area (Å²) >= 11 is 0. The zero-order valence-electron chi connectivity index (χ0n) is 12.6. The number of halogens is 1. The fourth-order valence-electron chi connectivity index (χ4n) is 2.60. The van der Waals surface area contributed by atoms with Crippen LogP contribution in [0, 0.1) is 11.7 Å². The quantitative estimate of drug-likeness (QED) is 0.925. The van der Waals surface area contributed by atoms with Gasteiger partial charge in [-0.2, -0.15) is 0 Å². The molecule has 21 heavy (non-hydrogen) atoms. The van der Waals surface area contributed by atoms with Crippen molar-refractivity contribution >= 4 is 5.91 Å². The predicted molar refractivity (Wildman–Crippen MR) is 79.1 cm³/mol. The summed E-state index contributed by atoms with van der Waals surface area (Å²) in [5, 5.41) is 0. The van der Waals surface area contributed by atoms with Gasteiger partial charge in [-0.15, -0.1) is 0 Å². The van der Waals surface area contributed by atoms with Gasteiger partial charge < -0.3 is 15.4 Å². The molecule has 1 unspecified atom stereocenters. The molecule has 0 aliphatic carbocycles. The van der Waals surface area contributed by atoms with E-state index in [4.69, 9.17) is 10.5 Å². The lowest BCUT2D eigenvalue weighted by Crippen LogP contribution is -2.49. The highest BCUT2D eigenvalue weighted by atomic mass is 19.1. The molecule has 0 saturated carbocycles. The van der Waals surface area contributed by atoms with E-state index in [0.717, 1.165) is 5.56 Å². The lowest BCUT2D eigenvalue weighted by molar-refractivity contribution is -0.140. The van der Waals surface area contributed by atoms with Gasteiger partial charge in [0.25, 0.3) is 0 Å². The lowest BCUT2D eigenvalue weighted by atomic mass is 10.0. The summed E-state index contributed by atoms with van der Waals surface area (Å²) in [5.41, 5.74) is 6.72. The Kier molecular flexibility index (Phi) is 5.31. The molecule has 0 bridgehead atoms. The van der Waals surface area contributed by atoms with Gasteiger partial charge in [-0.25, -0.2) is 4.39 Å². The Morgan fingerprint density at radius 3 is 2.95 bits per heavy atom. The number of carbonyl (C=O) groups is 1. The molecule has 1 aromatic carbocycles. The van der Waals surface area contributed by atoms with E-state index < -0.39 is 6.04 Å². The molecule has 1 heterocycles. The van der Waals surface area contributed by atoms with Crippen LogP contribution in [0.2, 0.25) is 0 Å². The van der Waals surface area contributed by atoms with Crippen LogP contribution in [0.25, 0.3) is 0 Å². The highest BCUT2D eigenvalue weighted by Crippen LogP contribution is 2.23. The largest absolute Gasteiger partial charge is 0.370 e. The Balaban J connectivity index is 2.02. The summed E-state index contributed by atoms with van der Waals surface area (Å²) in [6.07, 6.45) is 0.380. The van der Waals surface area contributed by atoms with Crippen LogP contribution in [-0.4, -0.2) is 36.5 Å². The molecule has 1 aliphatic rings. The number of amides is 1. The molecule has 1 aromatic rings. The summed E-state index contributed by atoms with van der Waals surface area (Å²) in [7, 11) is 0. The number of nitrogens with zero attached hydrogens (tertiary/aromatic N) is 1.